The van der Waals surface area contributed by atoms with Crippen molar-refractivity contribution in [3.8, 4) is 5.75 Å². The van der Waals surface area contributed by atoms with Crippen molar-refractivity contribution in [2.24, 2.45) is 0 Å². The van der Waals surface area contributed by atoms with Gasteiger partial charge in [-0.25, -0.2) is 4.79 Å². The number of benzene rings is 3. The number of carbonyl (C=O) groups is 1. The molecule has 204 valence electrons. The number of ether oxygens (including phenoxy) is 1. The van der Waals surface area contributed by atoms with E-state index in [0.717, 1.165) is 46.9 Å². The number of nitrogens with one attached hydrogen (secondary N) is 1. The Morgan fingerprint density at radius 3 is 2.50 bits per heavy atom. The summed E-state index contributed by atoms with van der Waals surface area (Å²) in [5, 5.41) is 33.7. The van der Waals surface area contributed by atoms with E-state index in [1.165, 1.54) is 11.8 Å². The lowest BCUT2D eigenvalue weighted by atomic mass is 10.1. The molecule has 5 aromatic rings. The van der Waals surface area contributed by atoms with Gasteiger partial charge in [0.15, 0.2) is 11.3 Å². The molecule has 3 aromatic carbocycles. The lowest BCUT2D eigenvalue weighted by Crippen LogP contribution is -2.11. The van der Waals surface area contributed by atoms with Gasteiger partial charge in [-0.05, 0) is 35.7 Å². The molecule has 1 unspecified atom stereocenters. The predicted octanol–water partition coefficient (Wildman–Crippen LogP) is 5.34. The van der Waals surface area contributed by atoms with Gasteiger partial charge in [0.2, 0.25) is 5.82 Å². The van der Waals surface area contributed by atoms with Gasteiger partial charge in [0.05, 0.1) is 12.1 Å². The first-order valence-electron chi connectivity index (χ1n) is 13.0. The van der Waals surface area contributed by atoms with Crippen LogP contribution in [0.3, 0.4) is 0 Å². The molecular weight excluding hydrogens is 526 g/mol. The van der Waals surface area contributed by atoms with Gasteiger partial charge in [0.1, 0.15) is 11.6 Å². The Bertz CT molecular complexity index is 1520. The number of carboxylic acid groups (broad SMARTS) is 1. The summed E-state index contributed by atoms with van der Waals surface area (Å²) in [7, 11) is 0. The van der Waals surface area contributed by atoms with Crippen molar-refractivity contribution < 1.29 is 14.6 Å². The molecule has 0 aliphatic carbocycles. The monoisotopic (exact) mass is 555 g/mol. The van der Waals surface area contributed by atoms with Crippen LogP contribution in [0.5, 0.6) is 5.75 Å². The number of aromatic amines is 1. The molecule has 0 saturated heterocycles. The summed E-state index contributed by atoms with van der Waals surface area (Å²) < 4.78 is 8.40. The van der Waals surface area contributed by atoms with E-state index in [9.17, 15) is 9.90 Å². The fourth-order valence-corrected chi connectivity index (χ4v) is 5.23. The van der Waals surface area contributed by atoms with Crippen LogP contribution >= 0.6 is 11.8 Å². The number of carboxylic acids is 1. The smallest absolute Gasteiger partial charge is 0.335 e. The molecule has 2 aromatic heterocycles. The van der Waals surface area contributed by atoms with Crippen LogP contribution in [0.1, 0.15) is 64.6 Å². The molecule has 2 heterocycles. The Balaban J connectivity index is 1.33. The van der Waals surface area contributed by atoms with Crippen molar-refractivity contribution in [3.05, 3.63) is 113 Å². The van der Waals surface area contributed by atoms with Crippen LogP contribution in [-0.2, 0) is 18.7 Å². The minimum Gasteiger partial charge on any atom is -0.478 e. The highest BCUT2D eigenvalue weighted by Gasteiger charge is 2.21. The van der Waals surface area contributed by atoms with Crippen LogP contribution in [0, 0.1) is 0 Å². The second-order valence-electron chi connectivity index (χ2n) is 9.16. The van der Waals surface area contributed by atoms with Crippen LogP contribution in [0.4, 0.5) is 0 Å². The molecule has 10 nitrogen and oxygen atoms in total. The predicted molar refractivity (Wildman–Crippen MR) is 150 cm³/mol. The van der Waals surface area contributed by atoms with Crippen LogP contribution in [0.15, 0.2) is 84.0 Å². The highest BCUT2D eigenvalue weighted by Crippen LogP contribution is 2.28. The van der Waals surface area contributed by atoms with Crippen molar-refractivity contribution >= 4 is 17.7 Å². The summed E-state index contributed by atoms with van der Waals surface area (Å²) in [6.45, 7) is 2.73. The topological polar surface area (TPSA) is 132 Å². The molecule has 40 heavy (non-hydrogen) atoms. The first kappa shape index (κ1) is 27.1. The maximum Gasteiger partial charge on any atom is 0.335 e. The second kappa shape index (κ2) is 13.0. The van der Waals surface area contributed by atoms with Gasteiger partial charge in [0.25, 0.3) is 0 Å². The summed E-state index contributed by atoms with van der Waals surface area (Å²) in [5.74, 6) is 1.59. The van der Waals surface area contributed by atoms with Gasteiger partial charge in [-0.1, -0.05) is 91.0 Å². The number of H-pyrrole nitrogens is 1. The average Bonchev–Trinajstić information content (AvgIpc) is 3.65. The van der Waals surface area contributed by atoms with Gasteiger partial charge < -0.3 is 14.4 Å². The molecular formula is C29H29N7O3S. The first-order chi connectivity index (χ1) is 19.6. The normalized spacial score (nSPS) is 11.8. The molecule has 0 saturated carbocycles. The minimum absolute atomic E-state index is 0.303. The van der Waals surface area contributed by atoms with Crippen molar-refractivity contribution in [1.82, 2.24) is 35.4 Å². The number of aromatic carboxylic acids is 1. The summed E-state index contributed by atoms with van der Waals surface area (Å²) >= 11 is 1.49. The van der Waals surface area contributed by atoms with Crippen molar-refractivity contribution in [2.75, 3.05) is 0 Å². The Labute approximate surface area is 235 Å². The zero-order chi connectivity index (χ0) is 27.7. The minimum atomic E-state index is -0.933. The maximum absolute atomic E-state index is 11.6. The molecule has 11 heteroatoms. The van der Waals surface area contributed by atoms with Crippen LogP contribution in [-0.4, -0.2) is 46.5 Å². The lowest BCUT2D eigenvalue weighted by Gasteiger charge is -2.17. The summed E-state index contributed by atoms with van der Waals surface area (Å²) in [4.78, 5) is 11.6. The zero-order valence-electron chi connectivity index (χ0n) is 22.0. The number of nitrogens with zero attached hydrogens (tertiary/aromatic N) is 6. The Morgan fingerprint density at radius 2 is 1.77 bits per heavy atom. The number of tetrazole rings is 1. The molecule has 0 amide bonds. The van der Waals surface area contributed by atoms with Crippen LogP contribution in [0.25, 0.3) is 0 Å². The van der Waals surface area contributed by atoms with E-state index in [2.05, 4.69) is 42.3 Å². The summed E-state index contributed by atoms with van der Waals surface area (Å²) in [5.41, 5.74) is 3.04. The van der Waals surface area contributed by atoms with E-state index >= 15 is 0 Å². The van der Waals surface area contributed by atoms with Crippen molar-refractivity contribution in [2.45, 2.75) is 49.7 Å². The second-order valence-corrected chi connectivity index (χ2v) is 10.1. The molecule has 1 atom stereocenters. The standard InChI is InChI=1S/C29H29N7O3S/c1-2-3-13-25-30-33-29(40-19-22-11-7-8-12-24(22)28(37)38)36(25)18-20-14-16-23(17-15-20)39-26(27-31-34-35-32-27)21-9-5-4-6-10-21/h4-12,14-17,26H,2-3,13,18-19H2,1H3,(H,37,38)(H,31,32,34,35). The highest BCUT2D eigenvalue weighted by atomic mass is 32.2. The summed E-state index contributed by atoms with van der Waals surface area (Å²) in [6.07, 6.45) is 2.38. The van der Waals surface area contributed by atoms with E-state index < -0.39 is 12.1 Å². The maximum atomic E-state index is 11.6. The molecule has 0 radical (unpaired) electrons. The first-order valence-corrected chi connectivity index (χ1v) is 14.0. The van der Waals surface area contributed by atoms with Gasteiger partial charge in [-0.15, -0.1) is 20.4 Å². The quantitative estimate of drug-likeness (QED) is 0.185. The molecule has 2 N–H and O–H groups in total. The zero-order valence-corrected chi connectivity index (χ0v) is 22.8. The average molecular weight is 556 g/mol. The molecule has 0 bridgehead atoms. The number of unbranched alkanes of at least 4 members (excludes halogenated alkanes) is 1. The number of rotatable bonds is 13. The van der Waals surface area contributed by atoms with Crippen LogP contribution in [0.2, 0.25) is 0 Å². The fourth-order valence-electron chi connectivity index (χ4n) is 4.27. The SMILES string of the molecule is CCCCc1nnc(SCc2ccccc2C(=O)O)n1Cc1ccc(OC(c2ccccc2)c2nn[nH]n2)cc1. The van der Waals surface area contributed by atoms with Gasteiger partial charge in [-0.3, -0.25) is 0 Å². The lowest BCUT2D eigenvalue weighted by molar-refractivity contribution is 0.0696. The summed E-state index contributed by atoms with van der Waals surface area (Å²) in [6, 6.07) is 24.7. The van der Waals surface area contributed by atoms with Crippen LogP contribution < -0.4 is 4.74 Å². The molecule has 0 aliphatic rings. The van der Waals surface area contributed by atoms with E-state index in [-0.39, 0.29) is 0 Å². The number of hydrogen-bond acceptors (Lipinski definition) is 8. The number of hydrogen-bond donors (Lipinski definition) is 2. The number of aryl methyl sites for hydroxylation is 1. The molecule has 5 rings (SSSR count). The van der Waals surface area contributed by atoms with Crippen molar-refractivity contribution in [1.29, 1.82) is 0 Å². The Hall–Kier alpha value is -4.51. The third-order valence-electron chi connectivity index (χ3n) is 6.37. The number of thioether (sulfide) groups is 1. The highest BCUT2D eigenvalue weighted by molar-refractivity contribution is 7.98. The molecule has 0 aliphatic heterocycles. The van der Waals surface area contributed by atoms with E-state index in [1.807, 2.05) is 66.7 Å². The fraction of sp³-hybridized carbons (Fsp3) is 0.241. The largest absolute Gasteiger partial charge is 0.478 e. The van der Waals surface area contributed by atoms with Gasteiger partial charge in [-0.2, -0.15) is 5.21 Å². The molecule has 0 fully saturated rings. The molecule has 0 spiro atoms. The van der Waals surface area contributed by atoms with E-state index in [4.69, 9.17) is 4.74 Å². The third kappa shape index (κ3) is 6.55. The third-order valence-corrected chi connectivity index (χ3v) is 7.38. The van der Waals surface area contributed by atoms with Crippen molar-refractivity contribution in [3.63, 3.8) is 0 Å². The van der Waals surface area contributed by atoms with Gasteiger partial charge >= 0.3 is 5.97 Å². The number of aromatic nitrogens is 7. The Morgan fingerprint density at radius 1 is 1.00 bits per heavy atom. The van der Waals surface area contributed by atoms with E-state index in [1.54, 1.807) is 12.1 Å². The van der Waals surface area contributed by atoms with Gasteiger partial charge in [0, 0.05) is 17.7 Å². The van der Waals surface area contributed by atoms with E-state index in [0.29, 0.717) is 29.4 Å². The Kier molecular flexibility index (Phi) is 8.82.